The second-order valence-electron chi connectivity index (χ2n) is 5.81. The minimum atomic E-state index is -0.577. The number of nitro benzene ring substituents is 1. The first-order chi connectivity index (χ1) is 9.52. The third-order valence-corrected chi connectivity index (χ3v) is 4.10. The molecule has 0 amide bonds. The molecule has 6 heteroatoms. The van der Waals surface area contributed by atoms with Crippen LogP contribution >= 0.6 is 0 Å². The van der Waals surface area contributed by atoms with Crippen LogP contribution in [0.3, 0.4) is 0 Å². The molecule has 0 radical (unpaired) electrons. The lowest BCUT2D eigenvalue weighted by molar-refractivity contribution is -0.385. The molecular weight excluding hydrogens is 261 g/mol. The number of nitrogens with zero attached hydrogens (tertiary/aromatic N) is 2. The molecule has 2 fully saturated rings. The zero-order valence-corrected chi connectivity index (χ0v) is 11.4. The van der Waals surface area contributed by atoms with Gasteiger partial charge in [-0.15, -0.1) is 0 Å². The van der Waals surface area contributed by atoms with Crippen molar-refractivity contribution in [2.24, 2.45) is 0 Å². The van der Waals surface area contributed by atoms with Crippen LogP contribution in [0.5, 0.6) is 0 Å². The summed E-state index contributed by atoms with van der Waals surface area (Å²) in [6.07, 6.45) is 3.52. The molecule has 1 aromatic carbocycles. The van der Waals surface area contributed by atoms with E-state index in [4.69, 9.17) is 0 Å². The highest BCUT2D eigenvalue weighted by Crippen LogP contribution is 2.34. The van der Waals surface area contributed by atoms with Crippen molar-refractivity contribution in [3.05, 3.63) is 34.1 Å². The highest BCUT2D eigenvalue weighted by molar-refractivity contribution is 5.52. The third-order valence-electron chi connectivity index (χ3n) is 4.10. The van der Waals surface area contributed by atoms with E-state index in [0.717, 1.165) is 19.0 Å². The molecule has 2 atom stereocenters. The topological polar surface area (TPSA) is 58.4 Å². The Labute approximate surface area is 116 Å². The van der Waals surface area contributed by atoms with E-state index in [1.807, 2.05) is 0 Å². The van der Waals surface area contributed by atoms with E-state index in [2.05, 4.69) is 17.1 Å². The fraction of sp³-hybridized carbons (Fsp3) is 0.571. The number of hydrogen-bond acceptors (Lipinski definition) is 4. The van der Waals surface area contributed by atoms with Crippen molar-refractivity contribution in [2.75, 3.05) is 11.9 Å². The van der Waals surface area contributed by atoms with E-state index in [0.29, 0.717) is 17.8 Å². The lowest BCUT2D eigenvalue weighted by atomic mass is 10.1. The highest BCUT2D eigenvalue weighted by atomic mass is 19.1. The summed E-state index contributed by atoms with van der Waals surface area (Å²) in [5.41, 5.74) is 0.282. The number of non-ortho nitro benzene ring substituents is 1. The SMILES string of the molecule is CC1CC(Nc2cc(F)cc([N+](=O)[O-])c2)CN1C1CC1. The largest absolute Gasteiger partial charge is 0.381 e. The Hall–Kier alpha value is -1.69. The van der Waals surface area contributed by atoms with Gasteiger partial charge in [-0.3, -0.25) is 15.0 Å². The van der Waals surface area contributed by atoms with Crippen LogP contribution in [-0.2, 0) is 0 Å². The van der Waals surface area contributed by atoms with Crippen molar-refractivity contribution in [1.82, 2.24) is 4.90 Å². The molecule has 0 bridgehead atoms. The molecule has 1 aliphatic carbocycles. The van der Waals surface area contributed by atoms with E-state index < -0.39 is 10.7 Å². The lowest BCUT2D eigenvalue weighted by Crippen LogP contribution is -2.31. The van der Waals surface area contributed by atoms with Crippen LogP contribution in [0.25, 0.3) is 0 Å². The van der Waals surface area contributed by atoms with Crippen molar-refractivity contribution >= 4 is 11.4 Å². The summed E-state index contributed by atoms with van der Waals surface area (Å²) in [7, 11) is 0. The quantitative estimate of drug-likeness (QED) is 0.680. The van der Waals surface area contributed by atoms with E-state index in [-0.39, 0.29) is 11.7 Å². The van der Waals surface area contributed by atoms with Gasteiger partial charge in [0.2, 0.25) is 0 Å². The number of nitrogens with one attached hydrogen (secondary N) is 1. The van der Waals surface area contributed by atoms with Crippen LogP contribution in [-0.4, -0.2) is 34.5 Å². The minimum absolute atomic E-state index is 0.211. The van der Waals surface area contributed by atoms with Gasteiger partial charge < -0.3 is 5.32 Å². The Kier molecular flexibility index (Phi) is 3.33. The van der Waals surface area contributed by atoms with Gasteiger partial charge in [-0.1, -0.05) is 0 Å². The standard InChI is InChI=1S/C14H18FN3O2/c1-9-4-12(8-17(9)13-2-3-13)16-11-5-10(15)6-14(7-11)18(19)20/h5-7,9,12-13,16H,2-4,8H2,1H3. The van der Waals surface area contributed by atoms with Gasteiger partial charge in [0.1, 0.15) is 5.82 Å². The first-order valence-electron chi connectivity index (χ1n) is 7.00. The predicted octanol–water partition coefficient (Wildman–Crippen LogP) is 2.77. The first kappa shape index (κ1) is 13.3. The fourth-order valence-corrected chi connectivity index (χ4v) is 3.07. The molecule has 5 nitrogen and oxygen atoms in total. The molecule has 1 N–H and O–H groups in total. The molecule has 1 heterocycles. The molecule has 1 aromatic rings. The summed E-state index contributed by atoms with van der Waals surface area (Å²) in [6, 6.07) is 5.11. The van der Waals surface area contributed by atoms with Crippen molar-refractivity contribution in [1.29, 1.82) is 0 Å². The minimum Gasteiger partial charge on any atom is -0.381 e. The smallest absolute Gasteiger partial charge is 0.274 e. The van der Waals surface area contributed by atoms with Gasteiger partial charge in [-0.2, -0.15) is 0 Å². The number of likely N-dealkylation sites (tertiary alicyclic amines) is 1. The van der Waals surface area contributed by atoms with E-state index in [9.17, 15) is 14.5 Å². The van der Waals surface area contributed by atoms with Gasteiger partial charge >= 0.3 is 0 Å². The molecule has 1 saturated heterocycles. The van der Waals surface area contributed by atoms with Gasteiger partial charge in [0.05, 0.1) is 11.0 Å². The second kappa shape index (κ2) is 5.01. The summed E-state index contributed by atoms with van der Waals surface area (Å²) < 4.78 is 13.4. The molecule has 1 aliphatic heterocycles. The number of halogens is 1. The Balaban J connectivity index is 1.70. The van der Waals surface area contributed by atoms with Gasteiger partial charge in [0.25, 0.3) is 5.69 Å². The average Bonchev–Trinajstić information content (AvgIpc) is 3.13. The van der Waals surface area contributed by atoms with Gasteiger partial charge in [0, 0.05) is 36.4 Å². The zero-order valence-electron chi connectivity index (χ0n) is 11.4. The summed E-state index contributed by atoms with van der Waals surface area (Å²) in [4.78, 5) is 12.7. The van der Waals surface area contributed by atoms with Crippen LogP contribution in [0.1, 0.15) is 26.2 Å². The van der Waals surface area contributed by atoms with Crippen LogP contribution in [0.4, 0.5) is 15.8 Å². The number of hydrogen-bond donors (Lipinski definition) is 1. The summed E-state index contributed by atoms with van der Waals surface area (Å²) in [5.74, 6) is -0.577. The van der Waals surface area contributed by atoms with Crippen molar-refractivity contribution in [3.8, 4) is 0 Å². The molecule has 2 unspecified atom stereocenters. The van der Waals surface area contributed by atoms with Crippen LogP contribution in [0.15, 0.2) is 18.2 Å². The third kappa shape index (κ3) is 2.75. The number of benzene rings is 1. The van der Waals surface area contributed by atoms with Crippen molar-refractivity contribution in [3.63, 3.8) is 0 Å². The molecule has 0 aromatic heterocycles. The predicted molar refractivity (Wildman–Crippen MR) is 74.3 cm³/mol. The van der Waals surface area contributed by atoms with Gasteiger partial charge in [-0.05, 0) is 32.3 Å². The average molecular weight is 279 g/mol. The molecule has 1 saturated carbocycles. The Morgan fingerprint density at radius 1 is 1.40 bits per heavy atom. The molecule has 3 rings (SSSR count). The van der Waals surface area contributed by atoms with Crippen LogP contribution in [0, 0.1) is 15.9 Å². The van der Waals surface area contributed by atoms with Gasteiger partial charge in [-0.25, -0.2) is 4.39 Å². The van der Waals surface area contributed by atoms with Crippen LogP contribution < -0.4 is 5.32 Å². The van der Waals surface area contributed by atoms with E-state index in [1.54, 1.807) is 0 Å². The molecule has 20 heavy (non-hydrogen) atoms. The lowest BCUT2D eigenvalue weighted by Gasteiger charge is -2.19. The molecule has 0 spiro atoms. The van der Waals surface area contributed by atoms with Crippen molar-refractivity contribution in [2.45, 2.75) is 44.3 Å². The normalized spacial score (nSPS) is 26.7. The van der Waals surface area contributed by atoms with Crippen LogP contribution in [0.2, 0.25) is 0 Å². The Bertz CT molecular complexity index is 533. The van der Waals surface area contributed by atoms with Gasteiger partial charge in [0.15, 0.2) is 0 Å². The monoisotopic (exact) mass is 279 g/mol. The summed E-state index contributed by atoms with van der Waals surface area (Å²) in [5, 5.41) is 14.0. The Morgan fingerprint density at radius 3 is 2.80 bits per heavy atom. The van der Waals surface area contributed by atoms with Crippen molar-refractivity contribution < 1.29 is 9.31 Å². The second-order valence-corrected chi connectivity index (χ2v) is 5.81. The maximum Gasteiger partial charge on any atom is 0.274 e. The summed E-state index contributed by atoms with van der Waals surface area (Å²) >= 11 is 0. The number of nitro groups is 1. The maximum absolute atomic E-state index is 13.4. The molecule has 108 valence electrons. The molecular formula is C14H18FN3O2. The highest BCUT2D eigenvalue weighted by Gasteiger charge is 2.38. The zero-order chi connectivity index (χ0) is 14.3. The number of rotatable bonds is 4. The fourth-order valence-electron chi connectivity index (χ4n) is 3.07. The van der Waals surface area contributed by atoms with E-state index in [1.165, 1.54) is 25.0 Å². The maximum atomic E-state index is 13.4. The molecule has 2 aliphatic rings. The summed E-state index contributed by atoms with van der Waals surface area (Å²) in [6.45, 7) is 3.13. The first-order valence-corrected chi connectivity index (χ1v) is 7.00. The number of anilines is 1. The Morgan fingerprint density at radius 2 is 2.15 bits per heavy atom. The van der Waals surface area contributed by atoms with E-state index >= 15 is 0 Å².